The highest BCUT2D eigenvalue weighted by molar-refractivity contribution is 7.80. The molecule has 1 heterocycles. The van der Waals surface area contributed by atoms with E-state index in [1.165, 1.54) is 4.68 Å². The highest BCUT2D eigenvalue weighted by atomic mass is 32.1. The Balaban J connectivity index is 2.80. The molecule has 1 aromatic rings. The van der Waals surface area contributed by atoms with Crippen molar-refractivity contribution >= 4 is 29.2 Å². The van der Waals surface area contributed by atoms with Gasteiger partial charge in [-0.3, -0.25) is 0 Å². The Kier molecular flexibility index (Phi) is 3.81. The minimum absolute atomic E-state index is 0.00468. The monoisotopic (exact) mass is 230 g/mol. The van der Waals surface area contributed by atoms with Crippen LogP contribution in [0, 0.1) is 0 Å². The van der Waals surface area contributed by atoms with Crippen LogP contribution in [0.15, 0.2) is 0 Å². The number of nitrogens with two attached hydrogens (primary N) is 1. The molecule has 0 aromatic carbocycles. The number of aliphatic hydroxyl groups is 1. The van der Waals surface area contributed by atoms with Gasteiger partial charge in [0.2, 0.25) is 11.9 Å². The summed E-state index contributed by atoms with van der Waals surface area (Å²) in [4.78, 5) is 5.73. The first-order chi connectivity index (χ1) is 7.06. The minimum atomic E-state index is -0.00468. The molecular formula is C7H14N6OS. The lowest BCUT2D eigenvalue weighted by atomic mass is 10.7. The molecule has 0 atom stereocenters. The van der Waals surface area contributed by atoms with Crippen LogP contribution < -0.4 is 16.0 Å². The topological polar surface area (TPSA) is 92.2 Å². The number of rotatable bonds is 3. The highest BCUT2D eigenvalue weighted by Gasteiger charge is 2.11. The second kappa shape index (κ2) is 4.89. The molecule has 0 fully saturated rings. The number of nitrogen functional groups attached to an aromatic ring is 1. The molecule has 15 heavy (non-hydrogen) atoms. The second-order valence-corrected chi connectivity index (χ2v) is 3.42. The number of aromatic nitrogens is 3. The Labute approximate surface area is 92.9 Å². The van der Waals surface area contributed by atoms with Crippen LogP contribution in [0.5, 0.6) is 0 Å². The molecule has 0 saturated carbocycles. The quantitative estimate of drug-likeness (QED) is 0.552. The van der Waals surface area contributed by atoms with Crippen molar-refractivity contribution in [3.8, 4) is 0 Å². The lowest BCUT2D eigenvalue weighted by Gasteiger charge is -2.06. The number of anilines is 2. The predicted molar refractivity (Wildman–Crippen MR) is 61.8 cm³/mol. The van der Waals surface area contributed by atoms with Crippen molar-refractivity contribution in [2.24, 2.45) is 0 Å². The summed E-state index contributed by atoms with van der Waals surface area (Å²) in [5.74, 6) is 0.704. The summed E-state index contributed by atoms with van der Waals surface area (Å²) in [6, 6.07) is 0. The van der Waals surface area contributed by atoms with Gasteiger partial charge in [0, 0.05) is 20.6 Å². The molecule has 1 aromatic heterocycles. The SMILES string of the molecule is CN(C)c1nc(N)n(C(=S)NCCO)n1. The number of nitrogens with one attached hydrogen (secondary N) is 1. The van der Waals surface area contributed by atoms with E-state index in [1.807, 2.05) is 14.1 Å². The number of hydrogen-bond acceptors (Lipinski definition) is 6. The van der Waals surface area contributed by atoms with E-state index in [0.717, 1.165) is 0 Å². The predicted octanol–water partition coefficient (Wildman–Crippen LogP) is -1.36. The molecule has 0 unspecified atom stereocenters. The van der Waals surface area contributed by atoms with Crippen molar-refractivity contribution in [2.45, 2.75) is 0 Å². The lowest BCUT2D eigenvalue weighted by Crippen LogP contribution is -2.32. The summed E-state index contributed by atoms with van der Waals surface area (Å²) in [5, 5.41) is 15.8. The van der Waals surface area contributed by atoms with E-state index in [9.17, 15) is 0 Å². The fourth-order valence-electron chi connectivity index (χ4n) is 0.889. The van der Waals surface area contributed by atoms with Gasteiger partial charge in [-0.15, -0.1) is 5.10 Å². The van der Waals surface area contributed by atoms with Crippen LogP contribution in [0.3, 0.4) is 0 Å². The van der Waals surface area contributed by atoms with E-state index in [2.05, 4.69) is 15.4 Å². The zero-order chi connectivity index (χ0) is 11.4. The average Bonchev–Trinajstić information content (AvgIpc) is 2.57. The van der Waals surface area contributed by atoms with Gasteiger partial charge in [0.15, 0.2) is 5.11 Å². The molecule has 0 aliphatic rings. The molecule has 84 valence electrons. The van der Waals surface area contributed by atoms with Crippen LogP contribution in [-0.4, -0.2) is 52.2 Å². The van der Waals surface area contributed by atoms with Crippen LogP contribution in [0.25, 0.3) is 0 Å². The zero-order valence-electron chi connectivity index (χ0n) is 8.64. The summed E-state index contributed by atoms with van der Waals surface area (Å²) < 4.78 is 1.32. The molecule has 0 amide bonds. The normalized spacial score (nSPS) is 10.1. The van der Waals surface area contributed by atoms with Crippen LogP contribution in [0.4, 0.5) is 11.9 Å². The van der Waals surface area contributed by atoms with Crippen molar-refractivity contribution < 1.29 is 5.11 Å². The summed E-state index contributed by atoms with van der Waals surface area (Å²) in [6.07, 6.45) is 0. The number of aliphatic hydroxyl groups excluding tert-OH is 1. The van der Waals surface area contributed by atoms with Crippen molar-refractivity contribution in [1.29, 1.82) is 0 Å². The third-order valence-corrected chi connectivity index (χ3v) is 1.92. The Hall–Kier alpha value is -1.41. The summed E-state index contributed by atoms with van der Waals surface area (Å²) in [7, 11) is 3.62. The molecule has 7 nitrogen and oxygen atoms in total. The van der Waals surface area contributed by atoms with E-state index < -0.39 is 0 Å². The van der Waals surface area contributed by atoms with E-state index in [-0.39, 0.29) is 12.6 Å². The van der Waals surface area contributed by atoms with Crippen molar-refractivity contribution in [2.75, 3.05) is 37.9 Å². The largest absolute Gasteiger partial charge is 0.395 e. The third-order valence-electron chi connectivity index (χ3n) is 1.60. The molecule has 1 rings (SSSR count). The maximum Gasteiger partial charge on any atom is 0.246 e. The summed E-state index contributed by atoms with van der Waals surface area (Å²) in [5.41, 5.74) is 5.62. The van der Waals surface area contributed by atoms with Gasteiger partial charge in [0.1, 0.15) is 0 Å². The van der Waals surface area contributed by atoms with Gasteiger partial charge < -0.3 is 21.1 Å². The lowest BCUT2D eigenvalue weighted by molar-refractivity contribution is 0.300. The van der Waals surface area contributed by atoms with Crippen LogP contribution >= 0.6 is 12.2 Å². The summed E-state index contributed by atoms with van der Waals surface area (Å²) >= 11 is 5.01. The first-order valence-corrected chi connectivity index (χ1v) is 4.76. The Morgan fingerprint density at radius 2 is 2.33 bits per heavy atom. The van der Waals surface area contributed by atoms with Crippen molar-refractivity contribution in [1.82, 2.24) is 20.1 Å². The second-order valence-electron chi connectivity index (χ2n) is 3.03. The first kappa shape index (κ1) is 11.7. The number of thiocarbonyl (C=S) groups is 1. The first-order valence-electron chi connectivity index (χ1n) is 4.35. The zero-order valence-corrected chi connectivity index (χ0v) is 9.45. The van der Waals surface area contributed by atoms with Crippen molar-refractivity contribution in [3.63, 3.8) is 0 Å². The molecule has 0 bridgehead atoms. The van der Waals surface area contributed by atoms with Crippen LogP contribution in [-0.2, 0) is 0 Å². The molecular weight excluding hydrogens is 216 g/mol. The van der Waals surface area contributed by atoms with Crippen molar-refractivity contribution in [3.05, 3.63) is 0 Å². The molecule has 0 spiro atoms. The number of nitrogens with zero attached hydrogens (tertiary/aromatic N) is 4. The molecule has 8 heteroatoms. The van der Waals surface area contributed by atoms with Gasteiger partial charge >= 0.3 is 0 Å². The standard InChI is InChI=1S/C7H14N6OS/c1-12(2)6-10-5(8)13(11-6)7(15)9-3-4-14/h14H,3-4H2,1-2H3,(H,9,15)(H2,8,10,11). The van der Waals surface area contributed by atoms with Gasteiger partial charge in [-0.05, 0) is 12.2 Å². The molecule has 0 aliphatic carbocycles. The molecule has 0 radical (unpaired) electrons. The maximum atomic E-state index is 8.62. The molecule has 0 aliphatic heterocycles. The fourth-order valence-corrected chi connectivity index (χ4v) is 1.13. The van der Waals surface area contributed by atoms with E-state index in [1.54, 1.807) is 4.90 Å². The third kappa shape index (κ3) is 2.77. The molecule has 4 N–H and O–H groups in total. The minimum Gasteiger partial charge on any atom is -0.395 e. The van der Waals surface area contributed by atoms with Gasteiger partial charge in [0.05, 0.1) is 6.61 Å². The van der Waals surface area contributed by atoms with Crippen LogP contribution in [0.1, 0.15) is 0 Å². The number of hydrogen-bond donors (Lipinski definition) is 3. The Morgan fingerprint density at radius 1 is 1.67 bits per heavy atom. The summed E-state index contributed by atoms with van der Waals surface area (Å²) in [6.45, 7) is 0.352. The Morgan fingerprint density at radius 3 is 2.80 bits per heavy atom. The average molecular weight is 230 g/mol. The Bertz CT molecular complexity index is 349. The smallest absolute Gasteiger partial charge is 0.246 e. The van der Waals surface area contributed by atoms with E-state index >= 15 is 0 Å². The van der Waals surface area contributed by atoms with Gasteiger partial charge in [0.25, 0.3) is 0 Å². The maximum absolute atomic E-state index is 8.62. The fraction of sp³-hybridized carbons (Fsp3) is 0.571. The molecule has 0 saturated heterocycles. The highest BCUT2D eigenvalue weighted by Crippen LogP contribution is 2.06. The van der Waals surface area contributed by atoms with Gasteiger partial charge in [-0.25, -0.2) is 0 Å². The van der Waals surface area contributed by atoms with E-state index in [4.69, 9.17) is 23.1 Å². The van der Waals surface area contributed by atoms with Gasteiger partial charge in [-0.2, -0.15) is 9.67 Å². The van der Waals surface area contributed by atoms with Gasteiger partial charge in [-0.1, -0.05) is 0 Å². The van der Waals surface area contributed by atoms with Crippen LogP contribution in [0.2, 0.25) is 0 Å². The van der Waals surface area contributed by atoms with E-state index in [0.29, 0.717) is 17.6 Å².